The molecule has 1 rings (SSSR count). The Bertz CT molecular complexity index is 332. The van der Waals surface area contributed by atoms with Gasteiger partial charge in [0, 0.05) is 38.4 Å². The molecule has 1 heterocycles. The smallest absolute Gasteiger partial charge is 0.213 e. The molecule has 0 aliphatic carbocycles. The van der Waals surface area contributed by atoms with E-state index in [0.717, 1.165) is 12.0 Å². The maximum Gasteiger partial charge on any atom is 0.213 e. The lowest BCUT2D eigenvalue weighted by Gasteiger charge is -2.09. The van der Waals surface area contributed by atoms with E-state index < -0.39 is 0 Å². The number of rotatable bonds is 9. The Morgan fingerprint density at radius 2 is 2.11 bits per heavy atom. The van der Waals surface area contributed by atoms with Crippen LogP contribution < -0.4 is 10.5 Å². The van der Waals surface area contributed by atoms with Crippen molar-refractivity contribution < 1.29 is 14.2 Å². The summed E-state index contributed by atoms with van der Waals surface area (Å²) in [6, 6.07) is 3.76. The molecule has 0 fully saturated rings. The van der Waals surface area contributed by atoms with Gasteiger partial charge in [-0.15, -0.1) is 0 Å². The summed E-state index contributed by atoms with van der Waals surface area (Å²) in [5.74, 6) is 0.613. The molecule has 0 saturated carbocycles. The van der Waals surface area contributed by atoms with Crippen LogP contribution in [0.2, 0.25) is 0 Å². The van der Waals surface area contributed by atoms with Gasteiger partial charge in [0.25, 0.3) is 0 Å². The van der Waals surface area contributed by atoms with Crippen LogP contribution in [0, 0.1) is 0 Å². The maximum atomic E-state index is 5.79. The first-order chi connectivity index (χ1) is 8.74. The van der Waals surface area contributed by atoms with Gasteiger partial charge in [-0.3, -0.25) is 0 Å². The van der Waals surface area contributed by atoms with Gasteiger partial charge in [0.15, 0.2) is 0 Å². The minimum Gasteiger partial charge on any atom is -0.478 e. The highest BCUT2D eigenvalue weighted by molar-refractivity contribution is 5.22. The van der Waals surface area contributed by atoms with Crippen LogP contribution in [0.3, 0.4) is 0 Å². The normalized spacial score (nSPS) is 12.4. The molecule has 0 amide bonds. The average molecular weight is 254 g/mol. The van der Waals surface area contributed by atoms with Gasteiger partial charge >= 0.3 is 0 Å². The predicted molar refractivity (Wildman–Crippen MR) is 69.6 cm³/mol. The summed E-state index contributed by atoms with van der Waals surface area (Å²) < 4.78 is 15.7. The molecular formula is C13H22N2O3. The van der Waals surface area contributed by atoms with Crippen molar-refractivity contribution in [3.8, 4) is 5.88 Å². The Kier molecular flexibility index (Phi) is 7.32. The summed E-state index contributed by atoms with van der Waals surface area (Å²) in [4.78, 5) is 4.13. The monoisotopic (exact) mass is 254 g/mol. The molecule has 0 radical (unpaired) electrons. The zero-order chi connectivity index (χ0) is 13.2. The number of ether oxygens (including phenoxy) is 3. The SMILES string of the molecule is COCCOCCCOc1cc(C(C)N)ccn1. The third kappa shape index (κ3) is 5.95. The number of pyridine rings is 1. The Labute approximate surface area is 108 Å². The van der Waals surface area contributed by atoms with E-state index in [1.165, 1.54) is 0 Å². The summed E-state index contributed by atoms with van der Waals surface area (Å²) in [6.45, 7) is 4.43. The van der Waals surface area contributed by atoms with Crippen molar-refractivity contribution in [2.75, 3.05) is 33.5 Å². The lowest BCUT2D eigenvalue weighted by Crippen LogP contribution is -2.08. The van der Waals surface area contributed by atoms with Crippen LogP contribution in [-0.4, -0.2) is 38.5 Å². The molecule has 18 heavy (non-hydrogen) atoms. The molecule has 0 aliphatic heterocycles. The minimum atomic E-state index is -0.00673. The second kappa shape index (κ2) is 8.85. The first-order valence-corrected chi connectivity index (χ1v) is 6.15. The van der Waals surface area contributed by atoms with E-state index in [2.05, 4.69) is 4.98 Å². The van der Waals surface area contributed by atoms with Gasteiger partial charge in [0.2, 0.25) is 5.88 Å². The summed E-state index contributed by atoms with van der Waals surface area (Å²) in [6.07, 6.45) is 2.54. The third-order valence-corrected chi connectivity index (χ3v) is 2.40. The lowest BCUT2D eigenvalue weighted by atomic mass is 10.1. The van der Waals surface area contributed by atoms with Gasteiger partial charge < -0.3 is 19.9 Å². The summed E-state index contributed by atoms with van der Waals surface area (Å²) in [7, 11) is 1.66. The quantitative estimate of drug-likeness (QED) is 0.677. The number of nitrogens with zero attached hydrogens (tertiary/aromatic N) is 1. The van der Waals surface area contributed by atoms with Crippen molar-refractivity contribution in [3.05, 3.63) is 23.9 Å². The molecule has 102 valence electrons. The number of hydrogen-bond acceptors (Lipinski definition) is 5. The van der Waals surface area contributed by atoms with Crippen LogP contribution in [0.4, 0.5) is 0 Å². The van der Waals surface area contributed by atoms with Gasteiger partial charge in [-0.05, 0) is 18.6 Å². The molecule has 1 unspecified atom stereocenters. The fourth-order valence-corrected chi connectivity index (χ4v) is 1.37. The summed E-state index contributed by atoms with van der Waals surface area (Å²) in [5, 5.41) is 0. The van der Waals surface area contributed by atoms with Crippen LogP contribution >= 0.6 is 0 Å². The standard InChI is InChI=1S/C13H22N2O3/c1-11(14)12-4-5-15-13(10-12)18-7-3-6-17-9-8-16-2/h4-5,10-11H,3,6-9,14H2,1-2H3. The van der Waals surface area contributed by atoms with Gasteiger partial charge in [-0.1, -0.05) is 0 Å². The second-order valence-electron chi connectivity index (χ2n) is 4.02. The molecule has 1 atom stereocenters. The largest absolute Gasteiger partial charge is 0.478 e. The molecular weight excluding hydrogens is 232 g/mol. The Morgan fingerprint density at radius 3 is 2.83 bits per heavy atom. The fraction of sp³-hybridized carbons (Fsp3) is 0.615. The maximum absolute atomic E-state index is 5.79. The highest BCUT2D eigenvalue weighted by Crippen LogP contribution is 2.14. The molecule has 0 aliphatic rings. The third-order valence-electron chi connectivity index (χ3n) is 2.40. The van der Waals surface area contributed by atoms with Crippen LogP contribution in [0.25, 0.3) is 0 Å². The van der Waals surface area contributed by atoms with Crippen LogP contribution in [0.5, 0.6) is 5.88 Å². The Morgan fingerprint density at radius 1 is 1.28 bits per heavy atom. The first kappa shape index (κ1) is 14.9. The molecule has 0 spiro atoms. The average Bonchev–Trinajstić information content (AvgIpc) is 2.38. The van der Waals surface area contributed by atoms with Crippen molar-refractivity contribution in [1.82, 2.24) is 4.98 Å². The van der Waals surface area contributed by atoms with Crippen molar-refractivity contribution >= 4 is 0 Å². The summed E-state index contributed by atoms with van der Waals surface area (Å²) in [5.41, 5.74) is 6.81. The van der Waals surface area contributed by atoms with Gasteiger partial charge in [0.1, 0.15) is 0 Å². The fourth-order valence-electron chi connectivity index (χ4n) is 1.37. The molecule has 0 saturated heterocycles. The van der Waals surface area contributed by atoms with E-state index in [4.69, 9.17) is 19.9 Å². The highest BCUT2D eigenvalue weighted by atomic mass is 16.5. The van der Waals surface area contributed by atoms with Gasteiger partial charge in [-0.25, -0.2) is 4.98 Å². The van der Waals surface area contributed by atoms with Gasteiger partial charge in [0.05, 0.1) is 19.8 Å². The van der Waals surface area contributed by atoms with E-state index in [0.29, 0.717) is 32.3 Å². The van der Waals surface area contributed by atoms with E-state index in [1.54, 1.807) is 13.3 Å². The number of hydrogen-bond donors (Lipinski definition) is 1. The van der Waals surface area contributed by atoms with E-state index >= 15 is 0 Å². The molecule has 1 aromatic heterocycles. The second-order valence-corrected chi connectivity index (χ2v) is 4.02. The Balaban J connectivity index is 2.17. The molecule has 5 heteroatoms. The predicted octanol–water partition coefficient (Wildman–Crippen LogP) is 1.53. The topological polar surface area (TPSA) is 66.6 Å². The molecule has 5 nitrogen and oxygen atoms in total. The number of methoxy groups -OCH3 is 1. The summed E-state index contributed by atoms with van der Waals surface area (Å²) >= 11 is 0. The zero-order valence-corrected chi connectivity index (χ0v) is 11.1. The number of nitrogens with two attached hydrogens (primary N) is 1. The highest BCUT2D eigenvalue weighted by Gasteiger charge is 2.02. The van der Waals surface area contributed by atoms with Crippen molar-refractivity contribution in [1.29, 1.82) is 0 Å². The molecule has 1 aromatic rings. The van der Waals surface area contributed by atoms with Crippen molar-refractivity contribution in [2.24, 2.45) is 5.73 Å². The van der Waals surface area contributed by atoms with Gasteiger partial charge in [-0.2, -0.15) is 0 Å². The Hall–Kier alpha value is -1.17. The van der Waals surface area contributed by atoms with Crippen LogP contribution in [-0.2, 0) is 9.47 Å². The zero-order valence-electron chi connectivity index (χ0n) is 11.1. The lowest BCUT2D eigenvalue weighted by molar-refractivity contribution is 0.0642. The van der Waals surface area contributed by atoms with E-state index in [1.807, 2.05) is 19.1 Å². The number of aromatic nitrogens is 1. The van der Waals surface area contributed by atoms with E-state index in [-0.39, 0.29) is 6.04 Å². The first-order valence-electron chi connectivity index (χ1n) is 6.15. The minimum absolute atomic E-state index is 0.00673. The van der Waals surface area contributed by atoms with E-state index in [9.17, 15) is 0 Å². The van der Waals surface area contributed by atoms with Crippen LogP contribution in [0.15, 0.2) is 18.3 Å². The van der Waals surface area contributed by atoms with Crippen molar-refractivity contribution in [2.45, 2.75) is 19.4 Å². The molecule has 2 N–H and O–H groups in total. The molecule has 0 bridgehead atoms. The molecule has 0 aromatic carbocycles. The van der Waals surface area contributed by atoms with Crippen molar-refractivity contribution in [3.63, 3.8) is 0 Å². The van der Waals surface area contributed by atoms with Crippen LogP contribution in [0.1, 0.15) is 24.9 Å².